The minimum Gasteiger partial charge on any atom is -0.308 e. The molecule has 124 valence electrons. The molecule has 0 aromatic heterocycles. The molecule has 0 spiro atoms. The number of halogens is 1. The lowest BCUT2D eigenvalue weighted by atomic mass is 9.81. The van der Waals surface area contributed by atoms with E-state index in [1.807, 2.05) is 47.4 Å². The normalized spacial score (nSPS) is 16.8. The summed E-state index contributed by atoms with van der Waals surface area (Å²) in [5.41, 5.74) is 3.14. The molecule has 0 bridgehead atoms. The predicted molar refractivity (Wildman–Crippen MR) is 104 cm³/mol. The number of rotatable bonds is 3. The van der Waals surface area contributed by atoms with Crippen LogP contribution in [0.1, 0.15) is 23.5 Å². The molecule has 1 atom stereocenters. The second-order valence-electron chi connectivity index (χ2n) is 6.29. The number of carbonyl (C=O) groups is 1. The Hall–Kier alpha value is -2.58. The zero-order valence-electron chi connectivity index (χ0n) is 13.8. The van der Waals surface area contributed by atoms with E-state index in [4.69, 9.17) is 11.6 Å². The van der Waals surface area contributed by atoms with Crippen molar-refractivity contribution in [3.8, 4) is 0 Å². The van der Waals surface area contributed by atoms with Crippen LogP contribution < -0.4 is 4.90 Å². The topological polar surface area (TPSA) is 20.3 Å². The molecule has 3 aromatic rings. The van der Waals surface area contributed by atoms with Crippen LogP contribution in [0.5, 0.6) is 0 Å². The van der Waals surface area contributed by atoms with Gasteiger partial charge in [-0.1, -0.05) is 66.2 Å². The first kappa shape index (κ1) is 15.9. The molecule has 3 heteroatoms. The van der Waals surface area contributed by atoms with E-state index in [0.717, 1.165) is 11.3 Å². The second kappa shape index (κ2) is 6.38. The van der Waals surface area contributed by atoms with Crippen LogP contribution in [0.4, 0.5) is 5.69 Å². The molecule has 0 aliphatic carbocycles. The quantitative estimate of drug-likeness (QED) is 0.569. The van der Waals surface area contributed by atoms with E-state index in [9.17, 15) is 4.79 Å². The van der Waals surface area contributed by atoms with Crippen LogP contribution >= 0.6 is 11.6 Å². The number of anilines is 1. The maximum atomic E-state index is 12.8. The molecule has 1 amide bonds. The lowest BCUT2D eigenvalue weighted by Gasteiger charge is -2.35. The third kappa shape index (κ3) is 2.63. The lowest BCUT2D eigenvalue weighted by molar-refractivity contribution is -0.119. The summed E-state index contributed by atoms with van der Waals surface area (Å²) in [5, 5.41) is 3.05. The molecule has 1 heterocycles. The van der Waals surface area contributed by atoms with Gasteiger partial charge in [0, 0.05) is 29.6 Å². The van der Waals surface area contributed by atoms with Crippen LogP contribution in [0.25, 0.3) is 10.8 Å². The summed E-state index contributed by atoms with van der Waals surface area (Å²) < 4.78 is 0. The summed E-state index contributed by atoms with van der Waals surface area (Å²) in [6.45, 7) is 4.31. The smallest absolute Gasteiger partial charge is 0.228 e. The minimum atomic E-state index is -0.0386. The van der Waals surface area contributed by atoms with Crippen molar-refractivity contribution in [3.05, 3.63) is 89.5 Å². The highest BCUT2D eigenvalue weighted by atomic mass is 35.5. The van der Waals surface area contributed by atoms with Crippen molar-refractivity contribution in [2.75, 3.05) is 11.4 Å². The molecule has 0 fully saturated rings. The van der Waals surface area contributed by atoms with E-state index < -0.39 is 0 Å². The molecule has 4 rings (SSSR count). The van der Waals surface area contributed by atoms with Gasteiger partial charge in [0.25, 0.3) is 0 Å². The fourth-order valence-electron chi connectivity index (χ4n) is 3.76. The summed E-state index contributed by atoms with van der Waals surface area (Å²) in [6.07, 6.45) is 2.19. The number of fused-ring (bicyclic) bond motifs is 3. The fourth-order valence-corrected chi connectivity index (χ4v) is 4.03. The van der Waals surface area contributed by atoms with Crippen molar-refractivity contribution in [1.29, 1.82) is 0 Å². The van der Waals surface area contributed by atoms with Crippen molar-refractivity contribution in [2.24, 2.45) is 0 Å². The first-order chi connectivity index (χ1) is 12.2. The van der Waals surface area contributed by atoms with E-state index >= 15 is 0 Å². The molecule has 2 nitrogen and oxygen atoms in total. The molecule has 1 unspecified atom stereocenters. The molecule has 25 heavy (non-hydrogen) atoms. The molecular weight excluding hydrogens is 330 g/mol. The number of hydrogen-bond acceptors (Lipinski definition) is 1. The van der Waals surface area contributed by atoms with E-state index in [-0.39, 0.29) is 11.8 Å². The van der Waals surface area contributed by atoms with Gasteiger partial charge in [-0.15, -0.1) is 6.58 Å². The van der Waals surface area contributed by atoms with Gasteiger partial charge in [0.2, 0.25) is 5.91 Å². The van der Waals surface area contributed by atoms with Crippen molar-refractivity contribution < 1.29 is 4.79 Å². The summed E-state index contributed by atoms with van der Waals surface area (Å²) in [5.74, 6) is 0.0657. The molecular formula is C22H18ClNO. The van der Waals surface area contributed by atoms with Crippen LogP contribution in [0.3, 0.4) is 0 Å². The van der Waals surface area contributed by atoms with Crippen LogP contribution in [0, 0.1) is 0 Å². The maximum absolute atomic E-state index is 12.8. The highest BCUT2D eigenvalue weighted by Crippen LogP contribution is 2.45. The Morgan fingerprint density at radius 2 is 1.84 bits per heavy atom. The third-order valence-corrected chi connectivity index (χ3v) is 5.20. The van der Waals surface area contributed by atoms with Crippen molar-refractivity contribution in [2.45, 2.75) is 12.3 Å². The number of benzene rings is 3. The molecule has 1 aliphatic heterocycles. The summed E-state index contributed by atoms with van der Waals surface area (Å²) in [6, 6.07) is 20.2. The van der Waals surface area contributed by atoms with Crippen molar-refractivity contribution in [1.82, 2.24) is 0 Å². The van der Waals surface area contributed by atoms with Crippen LogP contribution in [-0.2, 0) is 4.79 Å². The average Bonchev–Trinajstić information content (AvgIpc) is 2.64. The molecule has 1 aliphatic rings. The van der Waals surface area contributed by atoms with Gasteiger partial charge in [0.15, 0.2) is 0 Å². The van der Waals surface area contributed by atoms with E-state index in [1.165, 1.54) is 16.3 Å². The van der Waals surface area contributed by atoms with Gasteiger partial charge in [-0.3, -0.25) is 4.79 Å². The van der Waals surface area contributed by atoms with Gasteiger partial charge in [-0.05, 0) is 34.0 Å². The predicted octanol–water partition coefficient (Wildman–Crippen LogP) is 5.55. The van der Waals surface area contributed by atoms with Crippen LogP contribution in [-0.4, -0.2) is 12.5 Å². The monoisotopic (exact) mass is 347 g/mol. The molecule has 0 saturated heterocycles. The number of hydrogen-bond donors (Lipinski definition) is 0. The first-order valence-corrected chi connectivity index (χ1v) is 8.76. The lowest BCUT2D eigenvalue weighted by Crippen LogP contribution is -2.37. The summed E-state index contributed by atoms with van der Waals surface area (Å²) in [4.78, 5) is 14.6. The first-order valence-electron chi connectivity index (χ1n) is 8.38. The molecule has 3 aromatic carbocycles. The zero-order chi connectivity index (χ0) is 17.4. The molecule has 0 N–H and O–H groups in total. The average molecular weight is 348 g/mol. The van der Waals surface area contributed by atoms with E-state index in [1.54, 1.807) is 6.08 Å². The number of carbonyl (C=O) groups excluding carboxylic acids is 1. The maximum Gasteiger partial charge on any atom is 0.228 e. The van der Waals surface area contributed by atoms with Gasteiger partial charge in [-0.25, -0.2) is 0 Å². The van der Waals surface area contributed by atoms with Gasteiger partial charge in [0.1, 0.15) is 0 Å². The largest absolute Gasteiger partial charge is 0.308 e. The molecule has 0 radical (unpaired) electrons. The van der Waals surface area contributed by atoms with Gasteiger partial charge >= 0.3 is 0 Å². The van der Waals surface area contributed by atoms with Crippen LogP contribution in [0.15, 0.2) is 73.3 Å². The fraction of sp³-hybridized carbons (Fsp3) is 0.136. The summed E-state index contributed by atoms with van der Waals surface area (Å²) >= 11 is 6.48. The minimum absolute atomic E-state index is 0.0386. The molecule has 0 saturated carbocycles. The Bertz CT molecular complexity index is 979. The Balaban J connectivity index is 2.02. The zero-order valence-corrected chi connectivity index (χ0v) is 14.5. The third-order valence-electron chi connectivity index (χ3n) is 4.86. The Morgan fingerprint density at radius 3 is 2.64 bits per heavy atom. The highest BCUT2D eigenvalue weighted by molar-refractivity contribution is 6.31. The van der Waals surface area contributed by atoms with Crippen molar-refractivity contribution >= 4 is 34.0 Å². The van der Waals surface area contributed by atoms with E-state index in [2.05, 4.69) is 24.8 Å². The van der Waals surface area contributed by atoms with Gasteiger partial charge in [-0.2, -0.15) is 0 Å². The number of nitrogens with zero attached hydrogens (tertiary/aromatic N) is 1. The highest BCUT2D eigenvalue weighted by Gasteiger charge is 2.33. The standard InChI is InChI=1S/C22H18ClNO/c1-2-13-24-20-12-11-15-7-3-4-8-16(15)22(20)18(14-21(24)25)17-9-5-6-10-19(17)23/h2-12,18H,1,13-14H2. The Kier molecular flexibility index (Phi) is 4.06. The van der Waals surface area contributed by atoms with Gasteiger partial charge in [0.05, 0.1) is 0 Å². The van der Waals surface area contributed by atoms with Crippen molar-refractivity contribution in [3.63, 3.8) is 0 Å². The second-order valence-corrected chi connectivity index (χ2v) is 6.70. The number of amides is 1. The van der Waals surface area contributed by atoms with Crippen LogP contribution in [0.2, 0.25) is 5.02 Å². The Labute approximate surface area is 152 Å². The van der Waals surface area contributed by atoms with Gasteiger partial charge < -0.3 is 4.90 Å². The Morgan fingerprint density at radius 1 is 1.08 bits per heavy atom. The van der Waals surface area contributed by atoms with E-state index in [0.29, 0.717) is 18.0 Å². The summed E-state index contributed by atoms with van der Waals surface area (Å²) in [7, 11) is 0. The SMILES string of the molecule is C=CCN1C(=O)CC(c2ccccc2Cl)c2c1ccc1ccccc21.